The lowest BCUT2D eigenvalue weighted by molar-refractivity contribution is 0.488. The third-order valence-corrected chi connectivity index (χ3v) is 4.91. The van der Waals surface area contributed by atoms with Gasteiger partial charge in [0.1, 0.15) is 5.82 Å². The van der Waals surface area contributed by atoms with Crippen LogP contribution in [0.1, 0.15) is 12.8 Å². The highest BCUT2D eigenvalue weighted by atomic mass is 16.1. The number of nitrogens with zero attached hydrogens (tertiary/aromatic N) is 7. The summed E-state index contributed by atoms with van der Waals surface area (Å²) < 4.78 is 1.55. The zero-order valence-electron chi connectivity index (χ0n) is 16.1. The summed E-state index contributed by atoms with van der Waals surface area (Å²) in [5.41, 5.74) is 1.54. The SMILES string of the molecule is CN(C)c1nccc(N2CCCC2Cn2nc(-c3cccnc3)ccc2=O)n1. The first-order valence-corrected chi connectivity index (χ1v) is 9.37. The van der Waals surface area contributed by atoms with Gasteiger partial charge in [-0.25, -0.2) is 9.67 Å². The van der Waals surface area contributed by atoms with Crippen LogP contribution in [0.3, 0.4) is 0 Å². The Hall–Kier alpha value is -3.29. The van der Waals surface area contributed by atoms with E-state index in [0.29, 0.717) is 12.5 Å². The molecule has 4 rings (SSSR count). The fourth-order valence-corrected chi connectivity index (χ4v) is 3.49. The predicted molar refractivity (Wildman–Crippen MR) is 108 cm³/mol. The Balaban J connectivity index is 1.60. The quantitative estimate of drug-likeness (QED) is 0.671. The summed E-state index contributed by atoms with van der Waals surface area (Å²) in [5, 5.41) is 4.58. The molecule has 1 unspecified atom stereocenters. The highest BCUT2D eigenvalue weighted by Gasteiger charge is 2.27. The van der Waals surface area contributed by atoms with Crippen LogP contribution in [0, 0.1) is 0 Å². The smallest absolute Gasteiger partial charge is 0.266 e. The first-order chi connectivity index (χ1) is 13.6. The fourth-order valence-electron chi connectivity index (χ4n) is 3.49. The van der Waals surface area contributed by atoms with E-state index in [9.17, 15) is 4.79 Å². The van der Waals surface area contributed by atoms with E-state index in [1.54, 1.807) is 35.4 Å². The van der Waals surface area contributed by atoms with Gasteiger partial charge >= 0.3 is 0 Å². The molecule has 144 valence electrons. The predicted octanol–water partition coefficient (Wildman–Crippen LogP) is 1.83. The maximum absolute atomic E-state index is 12.4. The van der Waals surface area contributed by atoms with Crippen molar-refractivity contribution in [2.24, 2.45) is 0 Å². The molecule has 3 aromatic heterocycles. The van der Waals surface area contributed by atoms with Crippen molar-refractivity contribution in [1.29, 1.82) is 0 Å². The summed E-state index contributed by atoms with van der Waals surface area (Å²) >= 11 is 0. The van der Waals surface area contributed by atoms with Crippen LogP contribution in [0.5, 0.6) is 0 Å². The lowest BCUT2D eigenvalue weighted by atomic mass is 10.2. The summed E-state index contributed by atoms with van der Waals surface area (Å²) in [4.78, 5) is 29.6. The zero-order chi connectivity index (χ0) is 19.5. The second kappa shape index (κ2) is 7.75. The second-order valence-corrected chi connectivity index (χ2v) is 7.08. The number of anilines is 2. The molecule has 1 aliphatic rings. The molecule has 28 heavy (non-hydrogen) atoms. The minimum atomic E-state index is -0.101. The van der Waals surface area contributed by atoms with Crippen LogP contribution in [-0.4, -0.2) is 51.4 Å². The number of aromatic nitrogens is 5. The number of hydrogen-bond acceptors (Lipinski definition) is 7. The van der Waals surface area contributed by atoms with E-state index in [0.717, 1.165) is 36.5 Å². The van der Waals surface area contributed by atoms with E-state index in [2.05, 4.69) is 25.0 Å². The number of hydrogen-bond donors (Lipinski definition) is 0. The molecule has 3 aromatic rings. The summed E-state index contributed by atoms with van der Waals surface area (Å²) in [6, 6.07) is 9.21. The number of pyridine rings is 1. The molecular formula is C20H23N7O. The second-order valence-electron chi connectivity index (χ2n) is 7.08. The summed E-state index contributed by atoms with van der Waals surface area (Å²) in [6.45, 7) is 1.43. The average Bonchev–Trinajstić information content (AvgIpc) is 3.18. The highest BCUT2D eigenvalue weighted by Crippen LogP contribution is 2.25. The minimum absolute atomic E-state index is 0.101. The molecule has 0 aromatic carbocycles. The van der Waals surface area contributed by atoms with Gasteiger partial charge in [-0.15, -0.1) is 0 Å². The Morgan fingerprint density at radius 3 is 2.86 bits per heavy atom. The maximum Gasteiger partial charge on any atom is 0.266 e. The molecule has 0 spiro atoms. The van der Waals surface area contributed by atoms with E-state index in [-0.39, 0.29) is 11.6 Å². The van der Waals surface area contributed by atoms with E-state index in [4.69, 9.17) is 0 Å². The standard InChI is InChI=1S/C20H23N7O/c1-25(2)20-22-11-9-18(23-20)26-12-4-6-16(26)14-27-19(28)8-7-17(24-27)15-5-3-10-21-13-15/h3,5,7-11,13,16H,4,6,12,14H2,1-2H3. The van der Waals surface area contributed by atoms with Gasteiger partial charge in [0.15, 0.2) is 0 Å². The molecule has 8 heteroatoms. The Morgan fingerprint density at radius 1 is 1.18 bits per heavy atom. The van der Waals surface area contributed by atoms with E-state index in [1.165, 1.54) is 0 Å². The molecule has 4 heterocycles. The van der Waals surface area contributed by atoms with Crippen LogP contribution < -0.4 is 15.4 Å². The average molecular weight is 377 g/mol. The van der Waals surface area contributed by atoms with Crippen molar-refractivity contribution in [3.8, 4) is 11.3 Å². The van der Waals surface area contributed by atoms with Gasteiger partial charge in [-0.3, -0.25) is 9.78 Å². The van der Waals surface area contributed by atoms with Gasteiger partial charge in [0, 0.05) is 50.9 Å². The summed E-state index contributed by atoms with van der Waals surface area (Å²) in [6.07, 6.45) is 7.30. The molecule has 0 amide bonds. The maximum atomic E-state index is 12.4. The van der Waals surface area contributed by atoms with Crippen molar-refractivity contribution in [3.05, 3.63) is 59.3 Å². The molecule has 0 saturated carbocycles. The summed E-state index contributed by atoms with van der Waals surface area (Å²) in [5.74, 6) is 1.56. The Bertz CT molecular complexity index is 1000. The van der Waals surface area contributed by atoms with Crippen LogP contribution >= 0.6 is 0 Å². The molecule has 0 bridgehead atoms. The topological polar surface area (TPSA) is 80.0 Å². The van der Waals surface area contributed by atoms with Crippen LogP contribution in [-0.2, 0) is 6.54 Å². The van der Waals surface area contributed by atoms with E-state index in [1.807, 2.05) is 37.2 Å². The molecule has 1 fully saturated rings. The van der Waals surface area contributed by atoms with Gasteiger partial charge in [0.05, 0.1) is 18.3 Å². The largest absolute Gasteiger partial charge is 0.352 e. The lowest BCUT2D eigenvalue weighted by Crippen LogP contribution is -2.37. The van der Waals surface area contributed by atoms with Crippen LogP contribution in [0.4, 0.5) is 11.8 Å². The van der Waals surface area contributed by atoms with Crippen molar-refractivity contribution < 1.29 is 0 Å². The Kier molecular flexibility index (Phi) is 5.01. The molecule has 1 saturated heterocycles. The van der Waals surface area contributed by atoms with E-state index < -0.39 is 0 Å². The highest BCUT2D eigenvalue weighted by molar-refractivity contribution is 5.56. The summed E-state index contributed by atoms with van der Waals surface area (Å²) in [7, 11) is 3.85. The Labute approximate surface area is 163 Å². The Morgan fingerprint density at radius 2 is 2.07 bits per heavy atom. The molecular weight excluding hydrogens is 354 g/mol. The molecule has 8 nitrogen and oxygen atoms in total. The van der Waals surface area contributed by atoms with Crippen LogP contribution in [0.25, 0.3) is 11.3 Å². The van der Waals surface area contributed by atoms with Crippen molar-refractivity contribution in [2.45, 2.75) is 25.4 Å². The first-order valence-electron chi connectivity index (χ1n) is 9.37. The number of rotatable bonds is 5. The first kappa shape index (κ1) is 18.1. The van der Waals surface area contributed by atoms with Crippen molar-refractivity contribution >= 4 is 11.8 Å². The van der Waals surface area contributed by atoms with Gasteiger partial charge in [-0.2, -0.15) is 10.1 Å². The monoisotopic (exact) mass is 377 g/mol. The van der Waals surface area contributed by atoms with Gasteiger partial charge in [0.2, 0.25) is 5.95 Å². The van der Waals surface area contributed by atoms with Crippen molar-refractivity contribution in [1.82, 2.24) is 24.7 Å². The van der Waals surface area contributed by atoms with Gasteiger partial charge in [-0.05, 0) is 37.1 Å². The fraction of sp³-hybridized carbons (Fsp3) is 0.350. The molecule has 0 radical (unpaired) electrons. The lowest BCUT2D eigenvalue weighted by Gasteiger charge is -2.26. The van der Waals surface area contributed by atoms with Crippen LogP contribution in [0.2, 0.25) is 0 Å². The minimum Gasteiger partial charge on any atom is -0.352 e. The molecule has 0 N–H and O–H groups in total. The normalized spacial score (nSPS) is 16.4. The third kappa shape index (κ3) is 3.71. The van der Waals surface area contributed by atoms with E-state index >= 15 is 0 Å². The zero-order valence-corrected chi connectivity index (χ0v) is 16.1. The molecule has 0 aliphatic carbocycles. The van der Waals surface area contributed by atoms with Gasteiger partial charge < -0.3 is 9.80 Å². The molecule has 1 aliphatic heterocycles. The third-order valence-electron chi connectivity index (χ3n) is 4.91. The van der Waals surface area contributed by atoms with Crippen molar-refractivity contribution in [2.75, 3.05) is 30.4 Å². The molecule has 1 atom stereocenters. The van der Waals surface area contributed by atoms with Gasteiger partial charge in [0.25, 0.3) is 5.56 Å². The van der Waals surface area contributed by atoms with Gasteiger partial charge in [-0.1, -0.05) is 0 Å². The van der Waals surface area contributed by atoms with Crippen molar-refractivity contribution in [3.63, 3.8) is 0 Å². The van der Waals surface area contributed by atoms with Crippen LogP contribution in [0.15, 0.2) is 53.7 Å².